The first-order valence-corrected chi connectivity index (χ1v) is 9.54. The van der Waals surface area contributed by atoms with Gasteiger partial charge in [-0.25, -0.2) is 14.4 Å². The maximum atomic E-state index is 12.9. The third kappa shape index (κ3) is 4.64. The number of carbonyl (C=O) groups excluding carboxylic acids is 1. The normalized spacial score (nSPS) is 10.4. The van der Waals surface area contributed by atoms with Crippen molar-refractivity contribution < 1.29 is 9.18 Å². The van der Waals surface area contributed by atoms with Crippen LogP contribution in [0.4, 0.5) is 10.1 Å². The fraction of sp³-hybridized carbons (Fsp3) is 0.176. The highest BCUT2D eigenvalue weighted by Crippen LogP contribution is 2.27. The fourth-order valence-corrected chi connectivity index (χ4v) is 3.96. The first kappa shape index (κ1) is 18.9. The Bertz CT molecular complexity index is 1030. The number of nitriles is 1. The molecule has 0 fully saturated rings. The summed E-state index contributed by atoms with van der Waals surface area (Å²) in [6.45, 7) is 3.53. The number of amides is 1. The molecule has 136 valence electrons. The highest BCUT2D eigenvalue weighted by Gasteiger charge is 2.15. The van der Waals surface area contributed by atoms with Crippen LogP contribution in [-0.2, 0) is 5.75 Å². The summed E-state index contributed by atoms with van der Waals surface area (Å²) < 4.78 is 12.9. The molecule has 10 heteroatoms. The van der Waals surface area contributed by atoms with E-state index in [1.165, 1.54) is 36.0 Å². The van der Waals surface area contributed by atoms with Crippen molar-refractivity contribution in [3.8, 4) is 6.07 Å². The highest BCUT2D eigenvalue weighted by atomic mass is 32.2. The smallest absolute Gasteiger partial charge is 0.286 e. The van der Waals surface area contributed by atoms with E-state index in [0.717, 1.165) is 11.3 Å². The lowest BCUT2D eigenvalue weighted by Crippen LogP contribution is -2.11. The topological polar surface area (TPSA) is 104 Å². The van der Waals surface area contributed by atoms with Crippen molar-refractivity contribution in [3.63, 3.8) is 0 Å². The number of hydrogen-bond donors (Lipinski definition) is 1. The Morgan fingerprint density at radius 1 is 1.26 bits per heavy atom. The molecule has 0 spiro atoms. The zero-order valence-electron chi connectivity index (χ0n) is 14.4. The number of anilines is 1. The maximum Gasteiger partial charge on any atom is 0.286 e. The van der Waals surface area contributed by atoms with Crippen LogP contribution in [0, 0.1) is 31.0 Å². The third-order valence-electron chi connectivity index (χ3n) is 3.38. The van der Waals surface area contributed by atoms with Crippen LogP contribution in [0.2, 0.25) is 0 Å². The second-order valence-corrected chi connectivity index (χ2v) is 7.42. The van der Waals surface area contributed by atoms with Gasteiger partial charge in [-0.15, -0.1) is 10.2 Å². The Balaban J connectivity index is 1.67. The molecule has 1 N–H and O–H groups in total. The molecule has 27 heavy (non-hydrogen) atoms. The van der Waals surface area contributed by atoms with Crippen molar-refractivity contribution in [3.05, 3.63) is 57.2 Å². The molecule has 0 aliphatic carbocycles. The number of benzene rings is 1. The Morgan fingerprint density at radius 2 is 2.00 bits per heavy atom. The monoisotopic (exact) mass is 400 g/mol. The summed E-state index contributed by atoms with van der Waals surface area (Å²) >= 11 is 2.49. The van der Waals surface area contributed by atoms with Crippen molar-refractivity contribution >= 4 is 34.7 Å². The molecule has 7 nitrogen and oxygen atoms in total. The van der Waals surface area contributed by atoms with Crippen molar-refractivity contribution in [2.75, 3.05) is 5.32 Å². The summed E-state index contributed by atoms with van der Waals surface area (Å²) in [4.78, 5) is 20.7. The molecule has 0 aliphatic rings. The van der Waals surface area contributed by atoms with E-state index < -0.39 is 5.91 Å². The van der Waals surface area contributed by atoms with Crippen LogP contribution in [0.25, 0.3) is 0 Å². The number of aryl methyl sites for hydroxylation is 2. The summed E-state index contributed by atoms with van der Waals surface area (Å²) in [5, 5.41) is 21.2. The summed E-state index contributed by atoms with van der Waals surface area (Å²) in [5.41, 5.74) is 1.53. The van der Waals surface area contributed by atoms with Crippen LogP contribution in [0.3, 0.4) is 0 Å². The van der Waals surface area contributed by atoms with Gasteiger partial charge < -0.3 is 5.32 Å². The Labute approximate surface area is 162 Å². The molecule has 1 aromatic carbocycles. The largest absolute Gasteiger partial charge is 0.320 e. The lowest BCUT2D eigenvalue weighted by Gasteiger charge is -2.05. The minimum absolute atomic E-state index is 0.200. The van der Waals surface area contributed by atoms with Gasteiger partial charge in [0.2, 0.25) is 5.01 Å². The average molecular weight is 400 g/mol. The van der Waals surface area contributed by atoms with Gasteiger partial charge >= 0.3 is 0 Å². The van der Waals surface area contributed by atoms with E-state index in [1.807, 2.05) is 0 Å². The number of nitrogens with one attached hydrogen (secondary N) is 1. The van der Waals surface area contributed by atoms with Gasteiger partial charge in [-0.2, -0.15) is 5.26 Å². The molecular formula is C17H13FN6OS2. The van der Waals surface area contributed by atoms with Gasteiger partial charge in [0.05, 0.1) is 11.4 Å². The molecule has 0 atom stereocenters. The number of thioether (sulfide) groups is 1. The van der Waals surface area contributed by atoms with Crippen LogP contribution >= 0.6 is 23.1 Å². The van der Waals surface area contributed by atoms with Crippen LogP contribution in [0.5, 0.6) is 0 Å². The zero-order valence-corrected chi connectivity index (χ0v) is 16.0. The molecule has 0 aliphatic heterocycles. The first-order chi connectivity index (χ1) is 13.0. The van der Waals surface area contributed by atoms with Crippen molar-refractivity contribution in [2.45, 2.75) is 24.6 Å². The van der Waals surface area contributed by atoms with Gasteiger partial charge in [0.25, 0.3) is 5.91 Å². The molecule has 0 radical (unpaired) electrons. The standard InChI is InChI=1S/C17H13FN6OS2/c1-9-13(7-19)16(21-10(2)20-9)26-8-14-23-24-17(27-14)15(25)22-12-5-3-11(18)4-6-12/h3-6H,8H2,1-2H3,(H,22,25). The van der Waals surface area contributed by atoms with Crippen LogP contribution < -0.4 is 5.32 Å². The second-order valence-electron chi connectivity index (χ2n) is 5.40. The van der Waals surface area contributed by atoms with E-state index in [0.29, 0.717) is 38.6 Å². The van der Waals surface area contributed by atoms with Crippen molar-refractivity contribution in [1.82, 2.24) is 20.2 Å². The number of nitrogens with zero attached hydrogens (tertiary/aromatic N) is 5. The lowest BCUT2D eigenvalue weighted by molar-refractivity contribution is 0.102. The van der Waals surface area contributed by atoms with E-state index >= 15 is 0 Å². The second kappa shape index (κ2) is 8.20. The molecule has 3 aromatic rings. The molecule has 0 saturated heterocycles. The summed E-state index contributed by atoms with van der Waals surface area (Å²) in [5.74, 6) is 0.217. The molecule has 1 amide bonds. The van der Waals surface area contributed by atoms with Crippen LogP contribution in [0.15, 0.2) is 29.3 Å². The third-order valence-corrected chi connectivity index (χ3v) is 5.47. The minimum atomic E-state index is -0.415. The summed E-state index contributed by atoms with van der Waals surface area (Å²) in [6, 6.07) is 7.57. The van der Waals surface area contributed by atoms with Crippen molar-refractivity contribution in [1.29, 1.82) is 5.26 Å². The number of aromatic nitrogens is 4. The summed E-state index contributed by atoms with van der Waals surface area (Å²) in [6.07, 6.45) is 0. The average Bonchev–Trinajstić information content (AvgIpc) is 3.11. The van der Waals surface area contributed by atoms with E-state index in [2.05, 4.69) is 31.6 Å². The molecule has 2 aromatic heterocycles. The van der Waals surface area contributed by atoms with Crippen molar-refractivity contribution in [2.24, 2.45) is 0 Å². The van der Waals surface area contributed by atoms with E-state index in [-0.39, 0.29) is 10.8 Å². The SMILES string of the molecule is Cc1nc(C)c(C#N)c(SCc2nnc(C(=O)Nc3ccc(F)cc3)s2)n1. The minimum Gasteiger partial charge on any atom is -0.320 e. The van der Waals surface area contributed by atoms with Gasteiger partial charge in [0, 0.05) is 5.69 Å². The van der Waals surface area contributed by atoms with Crippen LogP contribution in [-0.4, -0.2) is 26.1 Å². The fourth-order valence-electron chi connectivity index (χ4n) is 2.17. The van der Waals surface area contributed by atoms with Gasteiger partial charge in [0.1, 0.15) is 33.3 Å². The van der Waals surface area contributed by atoms with Gasteiger partial charge in [-0.05, 0) is 38.1 Å². The quantitative estimate of drug-likeness (QED) is 0.516. The van der Waals surface area contributed by atoms with E-state index in [1.54, 1.807) is 13.8 Å². The molecule has 3 rings (SSSR count). The number of rotatable bonds is 5. The van der Waals surface area contributed by atoms with Gasteiger partial charge in [-0.1, -0.05) is 23.1 Å². The van der Waals surface area contributed by atoms with Crippen LogP contribution in [0.1, 0.15) is 31.9 Å². The molecule has 0 unspecified atom stereocenters. The van der Waals surface area contributed by atoms with Gasteiger partial charge in [0.15, 0.2) is 0 Å². The lowest BCUT2D eigenvalue weighted by atomic mass is 10.3. The predicted octanol–water partition coefficient (Wildman–Crippen LogP) is 3.50. The maximum absolute atomic E-state index is 12.9. The Hall–Kier alpha value is -2.90. The molecule has 2 heterocycles. The number of carbonyl (C=O) groups is 1. The van der Waals surface area contributed by atoms with Gasteiger partial charge in [-0.3, -0.25) is 4.79 Å². The summed E-state index contributed by atoms with van der Waals surface area (Å²) in [7, 11) is 0. The first-order valence-electron chi connectivity index (χ1n) is 7.73. The highest BCUT2D eigenvalue weighted by molar-refractivity contribution is 7.98. The predicted molar refractivity (Wildman–Crippen MR) is 100 cm³/mol. The van der Waals surface area contributed by atoms with E-state index in [4.69, 9.17) is 0 Å². The molecular weight excluding hydrogens is 387 g/mol. The zero-order chi connectivity index (χ0) is 19.4. The number of halogens is 1. The number of hydrogen-bond acceptors (Lipinski definition) is 8. The molecule has 0 saturated carbocycles. The molecule has 0 bridgehead atoms. The van der Waals surface area contributed by atoms with E-state index in [9.17, 15) is 14.4 Å². The Kier molecular flexibility index (Phi) is 5.73. The Morgan fingerprint density at radius 3 is 2.70 bits per heavy atom.